The molecule has 0 aliphatic rings. The molecule has 1 atom stereocenters. The Morgan fingerprint density at radius 1 is 1.30 bits per heavy atom. The molecule has 108 valence electrons. The van der Waals surface area contributed by atoms with Crippen molar-refractivity contribution in [2.24, 2.45) is 0 Å². The summed E-state index contributed by atoms with van der Waals surface area (Å²) in [6, 6.07) is 8.00. The molecule has 0 spiro atoms. The van der Waals surface area contributed by atoms with Gasteiger partial charge in [-0.3, -0.25) is 0 Å². The van der Waals surface area contributed by atoms with E-state index in [9.17, 15) is 8.42 Å². The Labute approximate surface area is 118 Å². The molecule has 6 heteroatoms. The second kappa shape index (κ2) is 5.68. The molecule has 0 radical (unpaired) electrons. The van der Waals surface area contributed by atoms with Gasteiger partial charge in [0.1, 0.15) is 16.4 Å². The molecular formula is C14H17NO4S. The van der Waals surface area contributed by atoms with Crippen molar-refractivity contribution in [1.29, 1.82) is 0 Å². The maximum atomic E-state index is 12.4. The largest absolute Gasteiger partial charge is 0.495 e. The van der Waals surface area contributed by atoms with Crippen molar-refractivity contribution < 1.29 is 17.6 Å². The van der Waals surface area contributed by atoms with Gasteiger partial charge in [-0.15, -0.1) is 0 Å². The van der Waals surface area contributed by atoms with E-state index in [4.69, 9.17) is 9.15 Å². The summed E-state index contributed by atoms with van der Waals surface area (Å²) in [7, 11) is -2.24. The molecule has 0 aliphatic carbocycles. The zero-order valence-electron chi connectivity index (χ0n) is 11.6. The highest BCUT2D eigenvalue weighted by atomic mass is 32.2. The van der Waals surface area contributed by atoms with Crippen LogP contribution in [0.2, 0.25) is 0 Å². The van der Waals surface area contributed by atoms with Crippen LogP contribution in [0.3, 0.4) is 0 Å². The summed E-state index contributed by atoms with van der Waals surface area (Å²) >= 11 is 0. The second-order valence-corrected chi connectivity index (χ2v) is 6.20. The maximum Gasteiger partial charge on any atom is 0.244 e. The second-order valence-electron chi connectivity index (χ2n) is 4.51. The Hall–Kier alpha value is -1.79. The van der Waals surface area contributed by atoms with Gasteiger partial charge in [0.2, 0.25) is 10.0 Å². The topological polar surface area (TPSA) is 68.5 Å². The minimum atomic E-state index is -3.69. The van der Waals surface area contributed by atoms with Crippen molar-refractivity contribution in [1.82, 2.24) is 4.72 Å². The number of nitrogens with one attached hydrogen (secondary N) is 1. The van der Waals surface area contributed by atoms with E-state index >= 15 is 0 Å². The van der Waals surface area contributed by atoms with Crippen LogP contribution in [0.15, 0.2) is 45.9 Å². The van der Waals surface area contributed by atoms with Gasteiger partial charge < -0.3 is 9.15 Å². The molecule has 0 saturated carbocycles. The number of sulfonamides is 1. The molecule has 20 heavy (non-hydrogen) atoms. The van der Waals surface area contributed by atoms with Gasteiger partial charge in [0.05, 0.1) is 19.4 Å². The highest BCUT2D eigenvalue weighted by molar-refractivity contribution is 7.89. The van der Waals surface area contributed by atoms with Crippen LogP contribution in [0.1, 0.15) is 24.3 Å². The molecule has 0 aliphatic heterocycles. The first kappa shape index (κ1) is 14.6. The first-order valence-electron chi connectivity index (χ1n) is 6.14. The van der Waals surface area contributed by atoms with Gasteiger partial charge in [-0.05, 0) is 43.7 Å². The molecule has 2 aromatic rings. The van der Waals surface area contributed by atoms with Crippen molar-refractivity contribution in [2.75, 3.05) is 7.11 Å². The van der Waals surface area contributed by atoms with E-state index in [0.717, 1.165) is 5.56 Å². The van der Waals surface area contributed by atoms with E-state index in [-0.39, 0.29) is 4.90 Å². The van der Waals surface area contributed by atoms with E-state index < -0.39 is 16.1 Å². The number of hydrogen-bond acceptors (Lipinski definition) is 4. The third-order valence-corrected chi connectivity index (χ3v) is 4.47. The molecule has 1 aromatic heterocycles. The average Bonchev–Trinajstić information content (AvgIpc) is 2.92. The number of hydrogen-bond donors (Lipinski definition) is 1. The minimum absolute atomic E-state index is 0.124. The maximum absolute atomic E-state index is 12.4. The first-order valence-corrected chi connectivity index (χ1v) is 7.63. The van der Waals surface area contributed by atoms with E-state index in [0.29, 0.717) is 11.5 Å². The van der Waals surface area contributed by atoms with Gasteiger partial charge in [0.15, 0.2) is 0 Å². The monoisotopic (exact) mass is 295 g/mol. The lowest BCUT2D eigenvalue weighted by molar-refractivity contribution is 0.401. The van der Waals surface area contributed by atoms with Crippen molar-refractivity contribution in [3.8, 4) is 5.75 Å². The smallest absolute Gasteiger partial charge is 0.244 e. The molecule has 1 aromatic carbocycles. The van der Waals surface area contributed by atoms with Crippen LogP contribution in [0.5, 0.6) is 5.75 Å². The summed E-state index contributed by atoms with van der Waals surface area (Å²) in [4.78, 5) is 0.124. The van der Waals surface area contributed by atoms with E-state index in [2.05, 4.69) is 4.72 Å². The summed E-state index contributed by atoms with van der Waals surface area (Å²) in [5, 5.41) is 0. The van der Waals surface area contributed by atoms with Crippen LogP contribution in [-0.2, 0) is 10.0 Å². The van der Waals surface area contributed by atoms with Crippen molar-refractivity contribution in [3.63, 3.8) is 0 Å². The van der Waals surface area contributed by atoms with E-state index in [1.165, 1.54) is 13.4 Å². The zero-order chi connectivity index (χ0) is 14.8. The Bertz CT molecular complexity index is 677. The lowest BCUT2D eigenvalue weighted by Crippen LogP contribution is -2.27. The fraction of sp³-hybridized carbons (Fsp3) is 0.286. The van der Waals surface area contributed by atoms with Crippen molar-refractivity contribution >= 4 is 10.0 Å². The first-order chi connectivity index (χ1) is 9.44. The third kappa shape index (κ3) is 3.02. The Kier molecular flexibility index (Phi) is 4.15. The standard InChI is InChI=1S/C14H17NO4S/c1-10-6-7-13(18-3)14(9-10)20(16,17)15-11(2)12-5-4-8-19-12/h4-9,11,15H,1-3H3/t11-/m0/s1. The van der Waals surface area contributed by atoms with Crippen molar-refractivity contribution in [2.45, 2.75) is 24.8 Å². The average molecular weight is 295 g/mol. The van der Waals surface area contributed by atoms with Gasteiger partial charge in [0.25, 0.3) is 0 Å². The Morgan fingerprint density at radius 2 is 2.05 bits per heavy atom. The summed E-state index contributed by atoms with van der Waals surface area (Å²) in [6.45, 7) is 3.55. The number of aryl methyl sites for hydroxylation is 1. The molecule has 1 heterocycles. The zero-order valence-corrected chi connectivity index (χ0v) is 12.4. The normalized spacial score (nSPS) is 13.2. The molecule has 5 nitrogen and oxygen atoms in total. The number of ether oxygens (including phenoxy) is 1. The van der Waals surface area contributed by atoms with Gasteiger partial charge in [-0.25, -0.2) is 13.1 Å². The Balaban J connectivity index is 2.33. The summed E-state index contributed by atoms with van der Waals surface area (Å²) in [5.41, 5.74) is 0.844. The summed E-state index contributed by atoms with van der Waals surface area (Å²) < 4.78 is 37.8. The number of furan rings is 1. The Morgan fingerprint density at radius 3 is 2.65 bits per heavy atom. The van der Waals surface area contributed by atoms with Crippen LogP contribution in [0.4, 0.5) is 0 Å². The molecule has 1 N–H and O–H groups in total. The molecule has 0 bridgehead atoms. The fourth-order valence-corrected chi connectivity index (χ4v) is 3.35. The fourth-order valence-electron chi connectivity index (χ4n) is 1.89. The van der Waals surface area contributed by atoms with Gasteiger partial charge in [-0.1, -0.05) is 6.07 Å². The lowest BCUT2D eigenvalue weighted by Gasteiger charge is -2.14. The van der Waals surface area contributed by atoms with E-state index in [1.807, 2.05) is 6.92 Å². The minimum Gasteiger partial charge on any atom is -0.495 e. The molecular weight excluding hydrogens is 278 g/mol. The van der Waals surface area contributed by atoms with Crippen LogP contribution in [-0.4, -0.2) is 15.5 Å². The van der Waals surface area contributed by atoms with Crippen LogP contribution in [0.25, 0.3) is 0 Å². The van der Waals surface area contributed by atoms with E-state index in [1.54, 1.807) is 37.3 Å². The third-order valence-electron chi connectivity index (χ3n) is 2.91. The van der Waals surface area contributed by atoms with Crippen LogP contribution in [0, 0.1) is 6.92 Å². The highest BCUT2D eigenvalue weighted by Gasteiger charge is 2.23. The lowest BCUT2D eigenvalue weighted by atomic mass is 10.2. The molecule has 0 amide bonds. The summed E-state index contributed by atoms with van der Waals surface area (Å²) in [5.74, 6) is 0.870. The SMILES string of the molecule is COc1ccc(C)cc1S(=O)(=O)N[C@@H](C)c1ccco1. The predicted molar refractivity (Wildman–Crippen MR) is 75.2 cm³/mol. The van der Waals surface area contributed by atoms with Gasteiger partial charge >= 0.3 is 0 Å². The number of rotatable bonds is 5. The van der Waals surface area contributed by atoms with Gasteiger partial charge in [0, 0.05) is 0 Å². The molecule has 0 fully saturated rings. The summed E-state index contributed by atoms with van der Waals surface area (Å²) in [6.07, 6.45) is 1.51. The van der Waals surface area contributed by atoms with Gasteiger partial charge in [-0.2, -0.15) is 0 Å². The predicted octanol–water partition coefficient (Wildman–Crippen LogP) is 2.64. The molecule has 0 saturated heterocycles. The number of methoxy groups -OCH3 is 1. The van der Waals surface area contributed by atoms with Crippen molar-refractivity contribution in [3.05, 3.63) is 47.9 Å². The quantitative estimate of drug-likeness (QED) is 0.920. The van der Waals surface area contributed by atoms with Crippen LogP contribution < -0.4 is 9.46 Å². The molecule has 2 rings (SSSR count). The van der Waals surface area contributed by atoms with Crippen LogP contribution >= 0.6 is 0 Å². The highest BCUT2D eigenvalue weighted by Crippen LogP contribution is 2.26. The number of benzene rings is 1. The molecule has 0 unspecified atom stereocenters.